The monoisotopic (exact) mass is 353 g/mol. The molecule has 2 heterocycles. The number of anilines is 2. The Labute approximate surface area is 150 Å². The van der Waals surface area contributed by atoms with Gasteiger partial charge in [0.1, 0.15) is 0 Å². The maximum atomic E-state index is 11.7. The lowest BCUT2D eigenvalue weighted by Crippen LogP contribution is -2.17. The normalized spacial score (nSPS) is 10.9. The van der Waals surface area contributed by atoms with Crippen molar-refractivity contribution in [2.75, 3.05) is 10.6 Å². The summed E-state index contributed by atoms with van der Waals surface area (Å²) in [6, 6.07) is 12.5. The standard InChI is InChI=1S/C18H19N5O3/c1-12(2)17(24)20-14-8-6-13(7-9-14)11-19-16-18(23(25)26)22-10-4-3-5-15(22)21-16/h3-10,12,19H,11H2,1-2H3,(H,20,24). The van der Waals surface area contributed by atoms with Gasteiger partial charge in [0.2, 0.25) is 17.4 Å². The van der Waals surface area contributed by atoms with Crippen molar-refractivity contribution in [1.82, 2.24) is 9.38 Å². The van der Waals surface area contributed by atoms with Crippen molar-refractivity contribution >= 4 is 28.9 Å². The molecule has 0 atom stereocenters. The average Bonchev–Trinajstić information content (AvgIpc) is 2.99. The molecule has 0 saturated heterocycles. The summed E-state index contributed by atoms with van der Waals surface area (Å²) in [5.41, 5.74) is 2.14. The Bertz CT molecular complexity index is 947. The molecular weight excluding hydrogens is 334 g/mol. The molecule has 8 heteroatoms. The van der Waals surface area contributed by atoms with E-state index in [0.29, 0.717) is 17.9 Å². The van der Waals surface area contributed by atoms with E-state index in [-0.39, 0.29) is 23.5 Å². The van der Waals surface area contributed by atoms with E-state index in [1.54, 1.807) is 36.5 Å². The van der Waals surface area contributed by atoms with Gasteiger partial charge in [-0.15, -0.1) is 0 Å². The second-order valence-corrected chi connectivity index (χ2v) is 6.16. The molecule has 134 valence electrons. The van der Waals surface area contributed by atoms with Crippen LogP contribution in [0.4, 0.5) is 17.3 Å². The molecule has 0 fully saturated rings. The summed E-state index contributed by atoms with van der Waals surface area (Å²) in [5.74, 6) is -0.0112. The molecule has 0 aliphatic carbocycles. The molecule has 0 aliphatic heterocycles. The van der Waals surface area contributed by atoms with E-state index in [1.807, 2.05) is 26.0 Å². The molecule has 26 heavy (non-hydrogen) atoms. The lowest BCUT2D eigenvalue weighted by Gasteiger charge is -2.09. The molecule has 0 spiro atoms. The van der Waals surface area contributed by atoms with Gasteiger partial charge in [0, 0.05) is 24.2 Å². The fraction of sp³-hybridized carbons (Fsp3) is 0.222. The number of pyridine rings is 1. The SMILES string of the molecule is CC(C)C(=O)Nc1ccc(CNc2nc3ccccn3c2[N+](=O)[O-])cc1. The molecule has 0 aliphatic rings. The van der Waals surface area contributed by atoms with E-state index in [2.05, 4.69) is 15.6 Å². The molecule has 0 saturated carbocycles. The Morgan fingerprint density at radius 1 is 1.23 bits per heavy atom. The summed E-state index contributed by atoms with van der Waals surface area (Å²) in [5, 5.41) is 17.2. The summed E-state index contributed by atoms with van der Waals surface area (Å²) >= 11 is 0. The number of hydrogen-bond acceptors (Lipinski definition) is 5. The van der Waals surface area contributed by atoms with Crippen molar-refractivity contribution in [1.29, 1.82) is 0 Å². The zero-order valence-corrected chi connectivity index (χ0v) is 14.5. The Hall–Kier alpha value is -3.42. The Kier molecular flexibility index (Phi) is 4.83. The molecule has 0 bridgehead atoms. The zero-order valence-electron chi connectivity index (χ0n) is 14.5. The number of benzene rings is 1. The summed E-state index contributed by atoms with van der Waals surface area (Å²) in [7, 11) is 0. The van der Waals surface area contributed by atoms with Gasteiger partial charge in [0.25, 0.3) is 0 Å². The van der Waals surface area contributed by atoms with Gasteiger partial charge in [-0.2, -0.15) is 9.38 Å². The fourth-order valence-electron chi connectivity index (χ4n) is 2.45. The second-order valence-electron chi connectivity index (χ2n) is 6.16. The highest BCUT2D eigenvalue weighted by atomic mass is 16.6. The first-order chi connectivity index (χ1) is 12.5. The van der Waals surface area contributed by atoms with Crippen molar-refractivity contribution in [2.45, 2.75) is 20.4 Å². The van der Waals surface area contributed by atoms with Crippen LogP contribution in [0.25, 0.3) is 5.65 Å². The van der Waals surface area contributed by atoms with Crippen LogP contribution in [-0.4, -0.2) is 20.2 Å². The number of carbonyl (C=O) groups excluding carboxylic acids is 1. The average molecular weight is 353 g/mol. The second kappa shape index (κ2) is 7.22. The lowest BCUT2D eigenvalue weighted by atomic mass is 10.1. The highest BCUT2D eigenvalue weighted by Gasteiger charge is 2.21. The maximum absolute atomic E-state index is 11.7. The van der Waals surface area contributed by atoms with Gasteiger partial charge in [0.05, 0.1) is 6.20 Å². The summed E-state index contributed by atoms with van der Waals surface area (Å²) in [6.07, 6.45) is 1.61. The van der Waals surface area contributed by atoms with E-state index in [0.717, 1.165) is 5.56 Å². The van der Waals surface area contributed by atoms with Gasteiger partial charge in [-0.3, -0.25) is 4.79 Å². The van der Waals surface area contributed by atoms with Crippen LogP contribution in [0.3, 0.4) is 0 Å². The minimum absolute atomic E-state index is 0.0452. The maximum Gasteiger partial charge on any atom is 0.372 e. The number of nitrogens with one attached hydrogen (secondary N) is 2. The van der Waals surface area contributed by atoms with Gasteiger partial charge >= 0.3 is 5.82 Å². The summed E-state index contributed by atoms with van der Waals surface area (Å²) in [6.45, 7) is 4.04. The van der Waals surface area contributed by atoms with Gasteiger partial charge in [-0.25, -0.2) is 0 Å². The molecule has 3 aromatic rings. The van der Waals surface area contributed by atoms with E-state index < -0.39 is 4.92 Å². The van der Waals surface area contributed by atoms with Gasteiger partial charge in [0.15, 0.2) is 0 Å². The summed E-state index contributed by atoms with van der Waals surface area (Å²) in [4.78, 5) is 26.9. The predicted molar refractivity (Wildman–Crippen MR) is 99.1 cm³/mol. The summed E-state index contributed by atoms with van der Waals surface area (Å²) < 4.78 is 1.44. The number of nitro groups is 1. The van der Waals surface area contributed by atoms with Crippen molar-refractivity contribution in [3.8, 4) is 0 Å². The molecule has 1 aromatic carbocycles. The minimum Gasteiger partial charge on any atom is -0.359 e. The molecule has 2 aromatic heterocycles. The van der Waals surface area contributed by atoms with Gasteiger partial charge in [-0.05, 0) is 28.7 Å². The first kappa shape index (κ1) is 17.4. The predicted octanol–water partition coefficient (Wildman–Crippen LogP) is 3.45. The third-order valence-electron chi connectivity index (χ3n) is 3.88. The fourth-order valence-corrected chi connectivity index (χ4v) is 2.45. The number of hydrogen-bond donors (Lipinski definition) is 2. The number of fused-ring (bicyclic) bond motifs is 1. The Morgan fingerprint density at radius 3 is 2.62 bits per heavy atom. The van der Waals surface area contributed by atoms with Crippen LogP contribution in [-0.2, 0) is 11.3 Å². The van der Waals surface area contributed by atoms with Crippen LogP contribution in [0.1, 0.15) is 19.4 Å². The molecule has 3 rings (SSSR count). The van der Waals surface area contributed by atoms with E-state index in [9.17, 15) is 14.9 Å². The van der Waals surface area contributed by atoms with Gasteiger partial charge in [-0.1, -0.05) is 32.0 Å². The zero-order chi connectivity index (χ0) is 18.7. The number of rotatable bonds is 6. The quantitative estimate of drug-likeness (QED) is 0.522. The van der Waals surface area contributed by atoms with E-state index >= 15 is 0 Å². The Balaban J connectivity index is 1.73. The number of carbonyl (C=O) groups is 1. The number of nitrogens with zero attached hydrogens (tertiary/aromatic N) is 3. The number of imidazole rings is 1. The highest BCUT2D eigenvalue weighted by Crippen LogP contribution is 2.25. The molecule has 1 amide bonds. The minimum atomic E-state index is -0.452. The van der Waals surface area contributed by atoms with E-state index in [4.69, 9.17) is 0 Å². The first-order valence-corrected chi connectivity index (χ1v) is 8.21. The van der Waals surface area contributed by atoms with Crippen molar-refractivity contribution in [3.63, 3.8) is 0 Å². The Morgan fingerprint density at radius 2 is 1.96 bits per heavy atom. The van der Waals surface area contributed by atoms with Crippen molar-refractivity contribution in [2.24, 2.45) is 5.92 Å². The van der Waals surface area contributed by atoms with Crippen LogP contribution < -0.4 is 10.6 Å². The lowest BCUT2D eigenvalue weighted by molar-refractivity contribution is -0.389. The van der Waals surface area contributed by atoms with Crippen LogP contribution in [0.15, 0.2) is 48.7 Å². The molecule has 0 unspecified atom stereocenters. The third-order valence-corrected chi connectivity index (χ3v) is 3.88. The van der Waals surface area contributed by atoms with Crippen molar-refractivity contribution in [3.05, 3.63) is 64.3 Å². The largest absolute Gasteiger partial charge is 0.372 e. The van der Waals surface area contributed by atoms with Crippen LogP contribution in [0, 0.1) is 16.0 Å². The smallest absolute Gasteiger partial charge is 0.359 e. The topological polar surface area (TPSA) is 102 Å². The highest BCUT2D eigenvalue weighted by molar-refractivity contribution is 5.92. The molecule has 8 nitrogen and oxygen atoms in total. The molecule has 0 radical (unpaired) electrons. The van der Waals surface area contributed by atoms with Crippen LogP contribution >= 0.6 is 0 Å². The first-order valence-electron chi connectivity index (χ1n) is 8.21. The molecular formula is C18H19N5O3. The number of amides is 1. The van der Waals surface area contributed by atoms with Crippen molar-refractivity contribution < 1.29 is 9.72 Å². The van der Waals surface area contributed by atoms with E-state index in [1.165, 1.54) is 4.40 Å². The third kappa shape index (κ3) is 3.64. The van der Waals surface area contributed by atoms with Gasteiger partial charge < -0.3 is 20.7 Å². The number of aromatic nitrogens is 2. The van der Waals surface area contributed by atoms with Crippen LogP contribution in [0.5, 0.6) is 0 Å². The van der Waals surface area contributed by atoms with Crippen LogP contribution in [0.2, 0.25) is 0 Å². The molecule has 2 N–H and O–H groups in total.